The van der Waals surface area contributed by atoms with Crippen LogP contribution in [0.2, 0.25) is 0 Å². The van der Waals surface area contributed by atoms with Crippen molar-refractivity contribution >= 4 is 15.9 Å². The molecule has 0 radical (unpaired) electrons. The van der Waals surface area contributed by atoms with E-state index < -0.39 is 10.0 Å². The van der Waals surface area contributed by atoms with Crippen LogP contribution in [0.1, 0.15) is 51.5 Å². The number of sulfonamides is 1. The molecule has 156 valence electrons. The molecule has 0 N–H and O–H groups in total. The first-order chi connectivity index (χ1) is 13.3. The average molecular weight is 407 g/mol. The van der Waals surface area contributed by atoms with Gasteiger partial charge >= 0.3 is 0 Å². The number of benzene rings is 1. The van der Waals surface area contributed by atoms with E-state index in [-0.39, 0.29) is 23.0 Å². The molecule has 0 aromatic heterocycles. The molecule has 1 unspecified atom stereocenters. The Balaban J connectivity index is 1.55. The first kappa shape index (κ1) is 21.3. The molecule has 0 bridgehead atoms. The second-order valence-electron chi connectivity index (χ2n) is 9.13. The predicted molar refractivity (Wildman–Crippen MR) is 112 cm³/mol. The van der Waals surface area contributed by atoms with E-state index in [0.717, 1.165) is 50.8 Å². The molecule has 1 aromatic rings. The van der Waals surface area contributed by atoms with Crippen molar-refractivity contribution in [3.05, 3.63) is 35.9 Å². The topological polar surface area (TPSA) is 57.7 Å². The quantitative estimate of drug-likeness (QED) is 0.728. The first-order valence-electron chi connectivity index (χ1n) is 10.6. The molecule has 3 rings (SSSR count). The van der Waals surface area contributed by atoms with Crippen LogP contribution >= 0.6 is 0 Å². The fourth-order valence-corrected chi connectivity index (χ4v) is 6.08. The third kappa shape index (κ3) is 5.57. The Morgan fingerprint density at radius 2 is 1.89 bits per heavy atom. The zero-order valence-corrected chi connectivity index (χ0v) is 18.1. The van der Waals surface area contributed by atoms with E-state index in [2.05, 4.69) is 13.8 Å². The largest absolute Gasteiger partial charge is 0.342 e. The summed E-state index contributed by atoms with van der Waals surface area (Å²) >= 11 is 0. The van der Waals surface area contributed by atoms with Gasteiger partial charge in [-0.25, -0.2) is 12.7 Å². The van der Waals surface area contributed by atoms with Crippen LogP contribution in [0.25, 0.3) is 0 Å². The summed E-state index contributed by atoms with van der Waals surface area (Å²) in [5.74, 6) is 0.114. The highest BCUT2D eigenvalue weighted by atomic mass is 32.2. The van der Waals surface area contributed by atoms with E-state index in [0.29, 0.717) is 19.5 Å². The van der Waals surface area contributed by atoms with E-state index in [1.54, 1.807) is 4.31 Å². The van der Waals surface area contributed by atoms with Gasteiger partial charge in [-0.15, -0.1) is 0 Å². The number of carbonyl (C=O) groups excluding carboxylic acids is 1. The summed E-state index contributed by atoms with van der Waals surface area (Å²) < 4.78 is 27.2. The zero-order valence-electron chi connectivity index (χ0n) is 17.3. The van der Waals surface area contributed by atoms with E-state index in [4.69, 9.17) is 0 Å². The minimum absolute atomic E-state index is 0.150. The second-order valence-corrected chi connectivity index (χ2v) is 11.2. The van der Waals surface area contributed by atoms with Crippen molar-refractivity contribution in [1.82, 2.24) is 9.21 Å². The molecule has 5 nitrogen and oxygen atoms in total. The maximum atomic E-state index is 13.0. The maximum absolute atomic E-state index is 13.0. The van der Waals surface area contributed by atoms with Gasteiger partial charge in [-0.3, -0.25) is 4.79 Å². The lowest BCUT2D eigenvalue weighted by Gasteiger charge is -2.41. The third-order valence-corrected chi connectivity index (χ3v) is 7.97. The van der Waals surface area contributed by atoms with Crippen molar-refractivity contribution in [3.63, 3.8) is 0 Å². The average Bonchev–Trinajstić information content (AvgIpc) is 2.67. The Bertz CT molecular complexity index is 761. The molecule has 1 aromatic carbocycles. The van der Waals surface area contributed by atoms with Crippen LogP contribution < -0.4 is 0 Å². The molecule has 1 atom stereocenters. The van der Waals surface area contributed by atoms with Crippen LogP contribution in [0.15, 0.2) is 30.3 Å². The van der Waals surface area contributed by atoms with Gasteiger partial charge in [0.1, 0.15) is 0 Å². The van der Waals surface area contributed by atoms with Gasteiger partial charge in [0.2, 0.25) is 15.9 Å². The lowest BCUT2D eigenvalue weighted by molar-refractivity contribution is -0.139. The summed E-state index contributed by atoms with van der Waals surface area (Å²) in [6.07, 6.45) is 5.12. The molecule has 0 aliphatic carbocycles. The van der Waals surface area contributed by atoms with E-state index in [9.17, 15) is 13.2 Å². The molecule has 2 fully saturated rings. The van der Waals surface area contributed by atoms with E-state index in [1.165, 1.54) is 0 Å². The van der Waals surface area contributed by atoms with Crippen LogP contribution in [-0.4, -0.2) is 55.5 Å². The number of rotatable bonds is 6. The Morgan fingerprint density at radius 1 is 1.14 bits per heavy atom. The maximum Gasteiger partial charge on any atom is 0.227 e. The van der Waals surface area contributed by atoms with Gasteiger partial charge in [0.05, 0.1) is 11.7 Å². The minimum Gasteiger partial charge on any atom is -0.342 e. The summed E-state index contributed by atoms with van der Waals surface area (Å²) in [7, 11) is -3.31. The van der Waals surface area contributed by atoms with E-state index in [1.807, 2.05) is 35.2 Å². The van der Waals surface area contributed by atoms with Crippen molar-refractivity contribution in [2.45, 2.75) is 52.4 Å². The summed E-state index contributed by atoms with van der Waals surface area (Å²) in [5, 5.41) is 0. The molecular formula is C22H34N2O3S. The molecule has 0 saturated carbocycles. The number of piperidine rings is 2. The highest BCUT2D eigenvalue weighted by Crippen LogP contribution is 2.30. The number of hydrogen-bond acceptors (Lipinski definition) is 3. The fraction of sp³-hybridized carbons (Fsp3) is 0.682. The van der Waals surface area contributed by atoms with Gasteiger partial charge in [-0.2, -0.15) is 0 Å². The number of aryl methyl sites for hydroxylation is 1. The van der Waals surface area contributed by atoms with Crippen molar-refractivity contribution in [3.8, 4) is 0 Å². The van der Waals surface area contributed by atoms with Crippen LogP contribution in [0, 0.1) is 11.3 Å². The molecule has 2 aliphatic rings. The summed E-state index contributed by atoms with van der Waals surface area (Å²) in [6, 6.07) is 9.98. The third-order valence-electron chi connectivity index (χ3n) is 6.05. The van der Waals surface area contributed by atoms with Crippen LogP contribution in [0.5, 0.6) is 0 Å². The zero-order chi connectivity index (χ0) is 20.2. The SMILES string of the molecule is CC1(C)CCCN(C(=O)C2CCCN(S(=O)(=O)CCCc3ccccc3)C2)C1. The molecule has 6 heteroatoms. The van der Waals surface area contributed by atoms with Gasteiger partial charge in [0.15, 0.2) is 0 Å². The van der Waals surface area contributed by atoms with Crippen LogP contribution in [-0.2, 0) is 21.2 Å². The van der Waals surface area contributed by atoms with E-state index >= 15 is 0 Å². The molecule has 28 heavy (non-hydrogen) atoms. The monoisotopic (exact) mass is 406 g/mol. The Labute approximate surface area is 170 Å². The van der Waals surface area contributed by atoms with Crippen LogP contribution in [0.4, 0.5) is 0 Å². The van der Waals surface area contributed by atoms with Gasteiger partial charge in [-0.1, -0.05) is 44.2 Å². The van der Waals surface area contributed by atoms with Crippen LogP contribution in [0.3, 0.4) is 0 Å². The lowest BCUT2D eigenvalue weighted by atomic mass is 9.83. The Hall–Kier alpha value is -1.40. The number of likely N-dealkylation sites (tertiary alicyclic amines) is 1. The number of nitrogens with zero attached hydrogens (tertiary/aromatic N) is 2. The van der Waals surface area contributed by atoms with Crippen molar-refractivity contribution in [2.24, 2.45) is 11.3 Å². The standard InChI is InChI=1S/C22H34N2O3S/c1-22(2)13-8-14-23(18-22)21(25)20-12-6-15-24(17-20)28(26,27)16-7-11-19-9-4-3-5-10-19/h3-5,9-10,20H,6-8,11-18H2,1-2H3. The molecule has 2 saturated heterocycles. The normalized spacial score (nSPS) is 23.5. The Kier molecular flexibility index (Phi) is 6.81. The molecule has 2 heterocycles. The minimum atomic E-state index is -3.31. The smallest absolute Gasteiger partial charge is 0.227 e. The Morgan fingerprint density at radius 3 is 2.61 bits per heavy atom. The van der Waals surface area contributed by atoms with Gasteiger partial charge in [0.25, 0.3) is 0 Å². The van der Waals surface area contributed by atoms with Crippen molar-refractivity contribution in [1.29, 1.82) is 0 Å². The molecule has 0 spiro atoms. The lowest BCUT2D eigenvalue weighted by Crippen LogP contribution is -2.50. The molecule has 2 aliphatic heterocycles. The summed E-state index contributed by atoms with van der Waals surface area (Å²) in [4.78, 5) is 15.0. The van der Waals surface area contributed by atoms with Gasteiger partial charge in [-0.05, 0) is 49.5 Å². The summed E-state index contributed by atoms with van der Waals surface area (Å²) in [6.45, 7) is 6.90. The highest BCUT2D eigenvalue weighted by Gasteiger charge is 2.36. The molecular weight excluding hydrogens is 372 g/mol. The van der Waals surface area contributed by atoms with Crippen molar-refractivity contribution < 1.29 is 13.2 Å². The predicted octanol–water partition coefficient (Wildman–Crippen LogP) is 3.31. The highest BCUT2D eigenvalue weighted by molar-refractivity contribution is 7.89. The molecule has 1 amide bonds. The number of amides is 1. The van der Waals surface area contributed by atoms with Crippen molar-refractivity contribution in [2.75, 3.05) is 31.9 Å². The van der Waals surface area contributed by atoms with Gasteiger partial charge < -0.3 is 4.90 Å². The van der Waals surface area contributed by atoms with Gasteiger partial charge in [0, 0.05) is 26.2 Å². The first-order valence-corrected chi connectivity index (χ1v) is 12.2. The fourth-order valence-electron chi connectivity index (χ4n) is 4.50. The number of carbonyl (C=O) groups is 1. The summed E-state index contributed by atoms with van der Waals surface area (Å²) in [5.41, 5.74) is 1.32. The number of hydrogen-bond donors (Lipinski definition) is 0. The second kappa shape index (κ2) is 8.95.